The summed E-state index contributed by atoms with van der Waals surface area (Å²) >= 11 is 0. The van der Waals surface area contributed by atoms with E-state index in [4.69, 9.17) is 0 Å². The van der Waals surface area contributed by atoms with E-state index < -0.39 is 11.5 Å². The summed E-state index contributed by atoms with van der Waals surface area (Å²) in [6, 6.07) is 7.53. The molecule has 6 heterocycles. The summed E-state index contributed by atoms with van der Waals surface area (Å²) in [5.41, 5.74) is 3.25. The zero-order valence-corrected chi connectivity index (χ0v) is 26.2. The van der Waals surface area contributed by atoms with Crippen LogP contribution >= 0.6 is 0 Å². The molecule has 3 fully saturated rings. The van der Waals surface area contributed by atoms with Gasteiger partial charge in [0, 0.05) is 68.9 Å². The molecule has 45 heavy (non-hydrogen) atoms. The number of benzene rings is 1. The van der Waals surface area contributed by atoms with E-state index in [9.17, 15) is 14.4 Å². The largest absolute Gasteiger partial charge is 0.338 e. The number of aromatic nitrogens is 3. The number of rotatable bonds is 5. The van der Waals surface area contributed by atoms with E-state index >= 15 is 0 Å². The lowest BCUT2D eigenvalue weighted by atomic mass is 9.74. The summed E-state index contributed by atoms with van der Waals surface area (Å²) in [5, 5.41) is 14.3. The first-order chi connectivity index (χ1) is 21.8. The number of pyridine rings is 1. The van der Waals surface area contributed by atoms with Crippen LogP contribution in [-0.4, -0.2) is 124 Å². The van der Waals surface area contributed by atoms with Gasteiger partial charge in [-0.25, -0.2) is 9.78 Å². The summed E-state index contributed by atoms with van der Waals surface area (Å²) in [6.45, 7) is 8.12. The fraction of sp³-hybridized carbons (Fsp3) is 0.545. The van der Waals surface area contributed by atoms with Crippen LogP contribution in [0.5, 0.6) is 0 Å². The van der Waals surface area contributed by atoms with Gasteiger partial charge in [-0.05, 0) is 76.0 Å². The van der Waals surface area contributed by atoms with E-state index in [1.807, 2.05) is 30.0 Å². The second-order valence-corrected chi connectivity index (χ2v) is 13.3. The fourth-order valence-electron chi connectivity index (χ4n) is 7.82. The predicted molar refractivity (Wildman–Crippen MR) is 171 cm³/mol. The van der Waals surface area contributed by atoms with Gasteiger partial charge in [-0.1, -0.05) is 12.1 Å². The lowest BCUT2D eigenvalue weighted by Crippen LogP contribution is -2.59. The molecule has 1 spiro atoms. The van der Waals surface area contributed by atoms with E-state index in [2.05, 4.69) is 48.7 Å². The van der Waals surface area contributed by atoms with Crippen LogP contribution in [0.3, 0.4) is 0 Å². The first-order valence-corrected chi connectivity index (χ1v) is 16.3. The predicted octanol–water partition coefficient (Wildman–Crippen LogP) is 2.11. The molecule has 12 heteroatoms. The summed E-state index contributed by atoms with van der Waals surface area (Å²) in [6.07, 6.45) is 7.22. The van der Waals surface area contributed by atoms with Gasteiger partial charge in [-0.2, -0.15) is 5.10 Å². The van der Waals surface area contributed by atoms with Crippen LogP contribution in [0.1, 0.15) is 42.4 Å². The lowest BCUT2D eigenvalue weighted by Gasteiger charge is -2.43. The number of carbonyl (C=O) groups excluding carboxylic acids is 3. The molecule has 4 amide bonds. The number of fused-ring (bicyclic) bond motifs is 3. The number of aromatic amines is 1. The second-order valence-electron chi connectivity index (χ2n) is 13.3. The molecule has 7 rings (SSSR count). The molecule has 3 aromatic rings. The zero-order chi connectivity index (χ0) is 31.1. The highest BCUT2D eigenvalue weighted by Crippen LogP contribution is 2.43. The Kier molecular flexibility index (Phi) is 7.95. The van der Waals surface area contributed by atoms with Crippen LogP contribution < -0.4 is 10.6 Å². The van der Waals surface area contributed by atoms with Crippen molar-refractivity contribution in [3.05, 3.63) is 53.3 Å². The fourth-order valence-corrected chi connectivity index (χ4v) is 7.82. The first kappa shape index (κ1) is 29.7. The third kappa shape index (κ3) is 5.65. The number of carbonyl (C=O) groups is 3. The molecule has 4 aliphatic heterocycles. The molecule has 0 radical (unpaired) electrons. The number of nitrogens with one attached hydrogen (secondary N) is 3. The van der Waals surface area contributed by atoms with Crippen molar-refractivity contribution in [1.82, 2.24) is 40.1 Å². The van der Waals surface area contributed by atoms with Gasteiger partial charge in [0.2, 0.25) is 11.8 Å². The molecule has 1 atom stereocenters. The normalized spacial score (nSPS) is 21.6. The van der Waals surface area contributed by atoms with Crippen LogP contribution in [0.2, 0.25) is 0 Å². The van der Waals surface area contributed by atoms with Crippen LogP contribution in [0.15, 0.2) is 36.7 Å². The molecule has 0 bridgehead atoms. The van der Waals surface area contributed by atoms with Crippen molar-refractivity contribution in [1.29, 1.82) is 0 Å². The smallest absolute Gasteiger partial charge is 0.318 e. The molecular formula is C33H43N9O3. The number of nitrogens with zero attached hydrogens (tertiary/aromatic N) is 6. The van der Waals surface area contributed by atoms with Gasteiger partial charge in [-0.15, -0.1) is 0 Å². The maximum Gasteiger partial charge on any atom is 0.318 e. The van der Waals surface area contributed by atoms with E-state index in [0.29, 0.717) is 57.3 Å². The number of hydrogen-bond acceptors (Lipinski definition) is 7. The summed E-state index contributed by atoms with van der Waals surface area (Å²) < 4.78 is 0. The molecule has 1 unspecified atom stereocenters. The highest BCUT2D eigenvalue weighted by Gasteiger charge is 2.49. The number of likely N-dealkylation sites (tertiary alicyclic amines) is 2. The maximum atomic E-state index is 14.1. The molecule has 2 aromatic heterocycles. The SMILES string of the molecule is Cc1cc(CC(NC(=O)N2CCC3(CC2)C(=O)Nc2ncccc23)C(=O)N2CCN(C3CCN(C)CC3)CC2)cc2cn[nH]c12. The molecule has 3 saturated heterocycles. The monoisotopic (exact) mass is 613 g/mol. The van der Waals surface area contributed by atoms with Crippen molar-refractivity contribution in [2.45, 2.75) is 56.5 Å². The number of H-pyrrole nitrogens is 1. The Morgan fingerprint density at radius 2 is 1.80 bits per heavy atom. The number of anilines is 1. The van der Waals surface area contributed by atoms with E-state index in [1.54, 1.807) is 17.3 Å². The molecule has 12 nitrogen and oxygen atoms in total. The summed E-state index contributed by atoms with van der Waals surface area (Å²) in [7, 11) is 2.18. The molecule has 0 aliphatic carbocycles. The van der Waals surface area contributed by atoms with Crippen molar-refractivity contribution in [2.75, 3.05) is 64.7 Å². The summed E-state index contributed by atoms with van der Waals surface area (Å²) in [5.74, 6) is 0.528. The molecule has 1 aromatic carbocycles. The molecule has 4 aliphatic rings. The zero-order valence-electron chi connectivity index (χ0n) is 26.2. The number of piperidine rings is 2. The Morgan fingerprint density at radius 1 is 1.04 bits per heavy atom. The van der Waals surface area contributed by atoms with Gasteiger partial charge in [0.1, 0.15) is 11.9 Å². The van der Waals surface area contributed by atoms with Gasteiger partial charge >= 0.3 is 6.03 Å². The second kappa shape index (κ2) is 12.1. The molecule has 3 N–H and O–H groups in total. The number of amides is 4. The van der Waals surface area contributed by atoms with Crippen molar-refractivity contribution >= 4 is 34.6 Å². The minimum absolute atomic E-state index is 0.0417. The van der Waals surface area contributed by atoms with Gasteiger partial charge in [-0.3, -0.25) is 19.6 Å². The third-order valence-corrected chi connectivity index (χ3v) is 10.6. The Balaban J connectivity index is 1.05. The average molecular weight is 614 g/mol. The van der Waals surface area contributed by atoms with E-state index in [1.165, 1.54) is 12.8 Å². The summed E-state index contributed by atoms with van der Waals surface area (Å²) in [4.78, 5) is 53.8. The lowest BCUT2D eigenvalue weighted by molar-refractivity contribution is -0.135. The van der Waals surface area contributed by atoms with Gasteiger partial charge in [0.25, 0.3) is 0 Å². The van der Waals surface area contributed by atoms with Crippen molar-refractivity contribution in [3.8, 4) is 0 Å². The molecule has 0 saturated carbocycles. The Hall–Kier alpha value is -4.03. The van der Waals surface area contributed by atoms with Crippen LogP contribution in [0, 0.1) is 6.92 Å². The standard InChI is InChI=1S/C33H43N9O3/c1-22-18-23(19-24-21-35-38-28(22)24)20-27(30(43)41-16-14-40(15-17-41)25-5-10-39(2)11-6-25)36-32(45)42-12-7-33(8-13-42)26-4-3-9-34-29(26)37-31(33)44/h3-4,9,18-19,21,25,27H,5-8,10-17,20H2,1-2H3,(H,35,38)(H,36,45)(H,34,37,44). The van der Waals surface area contributed by atoms with Crippen LogP contribution in [0.4, 0.5) is 10.6 Å². The van der Waals surface area contributed by atoms with Crippen molar-refractivity contribution in [2.24, 2.45) is 0 Å². The van der Waals surface area contributed by atoms with E-state index in [-0.39, 0.29) is 17.8 Å². The quantitative estimate of drug-likeness (QED) is 0.402. The van der Waals surface area contributed by atoms with Gasteiger partial charge in [0.15, 0.2) is 0 Å². The Labute approximate surface area is 263 Å². The van der Waals surface area contributed by atoms with Crippen molar-refractivity contribution < 1.29 is 14.4 Å². The van der Waals surface area contributed by atoms with E-state index in [0.717, 1.165) is 53.8 Å². The third-order valence-electron chi connectivity index (χ3n) is 10.6. The minimum atomic E-state index is -0.702. The molecular weight excluding hydrogens is 570 g/mol. The van der Waals surface area contributed by atoms with Gasteiger partial charge in [0.05, 0.1) is 17.1 Å². The minimum Gasteiger partial charge on any atom is -0.338 e. The average Bonchev–Trinajstić information content (AvgIpc) is 3.64. The van der Waals surface area contributed by atoms with Gasteiger partial charge < -0.3 is 25.3 Å². The topological polar surface area (TPSA) is 130 Å². The number of piperazine rings is 1. The molecule has 238 valence electrons. The number of aryl methyl sites for hydroxylation is 1. The van der Waals surface area contributed by atoms with Crippen molar-refractivity contribution in [3.63, 3.8) is 0 Å². The maximum absolute atomic E-state index is 14.1. The van der Waals surface area contributed by atoms with Crippen LogP contribution in [0.25, 0.3) is 10.9 Å². The number of urea groups is 1. The highest BCUT2D eigenvalue weighted by molar-refractivity contribution is 6.05. The highest BCUT2D eigenvalue weighted by atomic mass is 16.2. The Morgan fingerprint density at radius 3 is 2.56 bits per heavy atom. The Bertz CT molecular complexity index is 1580. The van der Waals surface area contributed by atoms with Crippen LogP contribution in [-0.2, 0) is 21.4 Å². The first-order valence-electron chi connectivity index (χ1n) is 16.3. The number of hydrogen-bond donors (Lipinski definition) is 3.